The van der Waals surface area contributed by atoms with Gasteiger partial charge in [0.15, 0.2) is 0 Å². The number of benzene rings is 2. The van der Waals surface area contributed by atoms with Crippen molar-refractivity contribution in [1.82, 2.24) is 0 Å². The zero-order valence-corrected chi connectivity index (χ0v) is 12.9. The van der Waals surface area contributed by atoms with Crippen molar-refractivity contribution in [1.29, 1.82) is 0 Å². The van der Waals surface area contributed by atoms with Gasteiger partial charge in [-0.25, -0.2) is 0 Å². The Labute approximate surface area is 126 Å². The molecular formula is C16H15IO2. The van der Waals surface area contributed by atoms with Crippen LogP contribution < -0.4 is 4.74 Å². The second kappa shape index (κ2) is 6.70. The Balaban J connectivity index is 1.99. The number of carbonyl (C=O) groups excluding carboxylic acids is 1. The minimum Gasteiger partial charge on any atom is -0.497 e. The molecule has 3 heteroatoms. The molecule has 0 bridgehead atoms. The summed E-state index contributed by atoms with van der Waals surface area (Å²) >= 11 is 2.26. The second-order valence-electron chi connectivity index (χ2n) is 4.37. The Morgan fingerprint density at radius 3 is 2.42 bits per heavy atom. The fourth-order valence-electron chi connectivity index (χ4n) is 1.90. The molecule has 0 N–H and O–H groups in total. The van der Waals surface area contributed by atoms with E-state index in [1.54, 1.807) is 7.11 Å². The highest BCUT2D eigenvalue weighted by molar-refractivity contribution is 14.1. The lowest BCUT2D eigenvalue weighted by molar-refractivity contribution is -0.117. The van der Waals surface area contributed by atoms with Crippen molar-refractivity contribution in [2.75, 3.05) is 7.11 Å². The Morgan fingerprint density at radius 1 is 1.05 bits per heavy atom. The van der Waals surface area contributed by atoms with Gasteiger partial charge in [0, 0.05) is 16.4 Å². The fraction of sp³-hybridized carbons (Fsp3) is 0.188. The molecule has 0 aliphatic carbocycles. The minimum absolute atomic E-state index is 0.217. The number of rotatable bonds is 5. The summed E-state index contributed by atoms with van der Waals surface area (Å²) in [6, 6.07) is 15.7. The van der Waals surface area contributed by atoms with Crippen molar-refractivity contribution in [3.05, 3.63) is 63.2 Å². The summed E-state index contributed by atoms with van der Waals surface area (Å²) < 4.78 is 6.34. The summed E-state index contributed by atoms with van der Waals surface area (Å²) in [4.78, 5) is 12.0. The highest BCUT2D eigenvalue weighted by atomic mass is 127. The Hall–Kier alpha value is -1.36. The van der Waals surface area contributed by atoms with E-state index in [2.05, 4.69) is 22.6 Å². The van der Waals surface area contributed by atoms with E-state index in [4.69, 9.17) is 4.74 Å². The molecule has 19 heavy (non-hydrogen) atoms. The number of ether oxygens (including phenoxy) is 1. The number of ketones is 1. The molecule has 2 aromatic carbocycles. The first-order chi connectivity index (χ1) is 9.17. The molecule has 0 saturated carbocycles. The van der Waals surface area contributed by atoms with E-state index >= 15 is 0 Å². The van der Waals surface area contributed by atoms with E-state index in [0.29, 0.717) is 12.8 Å². The molecule has 0 amide bonds. The molecule has 0 spiro atoms. The van der Waals surface area contributed by atoms with E-state index in [9.17, 15) is 4.79 Å². The van der Waals surface area contributed by atoms with Crippen molar-refractivity contribution < 1.29 is 9.53 Å². The van der Waals surface area contributed by atoms with Gasteiger partial charge >= 0.3 is 0 Å². The first kappa shape index (κ1) is 14.1. The van der Waals surface area contributed by atoms with Crippen molar-refractivity contribution in [2.24, 2.45) is 0 Å². The third kappa shape index (κ3) is 4.35. The molecule has 0 atom stereocenters. The minimum atomic E-state index is 0.217. The first-order valence-corrected chi connectivity index (χ1v) is 7.14. The van der Waals surface area contributed by atoms with Gasteiger partial charge in [0.25, 0.3) is 0 Å². The summed E-state index contributed by atoms with van der Waals surface area (Å²) in [5.41, 5.74) is 2.06. The standard InChI is InChI=1S/C16H15IO2/c1-19-16-4-2-3-13(11-16)10-15(18)9-12-5-7-14(17)8-6-12/h2-8,11H,9-10H2,1H3. The van der Waals surface area contributed by atoms with Gasteiger partial charge in [-0.05, 0) is 58.0 Å². The highest BCUT2D eigenvalue weighted by Gasteiger charge is 2.06. The average Bonchev–Trinajstić information content (AvgIpc) is 2.41. The monoisotopic (exact) mass is 366 g/mol. The van der Waals surface area contributed by atoms with E-state index in [1.807, 2.05) is 48.5 Å². The molecular weight excluding hydrogens is 351 g/mol. The lowest BCUT2D eigenvalue weighted by atomic mass is 10.0. The first-order valence-electron chi connectivity index (χ1n) is 6.06. The highest BCUT2D eigenvalue weighted by Crippen LogP contribution is 2.14. The molecule has 98 valence electrons. The average molecular weight is 366 g/mol. The summed E-state index contributed by atoms with van der Waals surface area (Å²) in [5.74, 6) is 1.01. The third-order valence-electron chi connectivity index (χ3n) is 2.85. The van der Waals surface area contributed by atoms with Crippen LogP contribution in [0.5, 0.6) is 5.75 Å². The van der Waals surface area contributed by atoms with Crippen molar-refractivity contribution in [3.8, 4) is 5.75 Å². The maximum absolute atomic E-state index is 12.0. The van der Waals surface area contributed by atoms with Crippen LogP contribution in [-0.4, -0.2) is 12.9 Å². The van der Waals surface area contributed by atoms with Crippen LogP contribution in [0.4, 0.5) is 0 Å². The Kier molecular flexibility index (Phi) is 4.96. The SMILES string of the molecule is COc1cccc(CC(=O)Cc2ccc(I)cc2)c1. The normalized spacial score (nSPS) is 10.2. The predicted octanol–water partition coefficient (Wildman–Crippen LogP) is 3.65. The number of hydrogen-bond acceptors (Lipinski definition) is 2. The molecule has 2 nitrogen and oxygen atoms in total. The zero-order valence-electron chi connectivity index (χ0n) is 10.7. The van der Waals surface area contributed by atoms with Crippen molar-refractivity contribution in [2.45, 2.75) is 12.8 Å². The summed E-state index contributed by atoms with van der Waals surface area (Å²) in [5, 5.41) is 0. The second-order valence-corrected chi connectivity index (χ2v) is 5.62. The molecule has 0 aliphatic heterocycles. The predicted molar refractivity (Wildman–Crippen MR) is 84.6 cm³/mol. The topological polar surface area (TPSA) is 26.3 Å². The van der Waals surface area contributed by atoms with Crippen LogP contribution in [-0.2, 0) is 17.6 Å². The van der Waals surface area contributed by atoms with Crippen LogP contribution >= 0.6 is 22.6 Å². The van der Waals surface area contributed by atoms with Crippen LogP contribution in [0.1, 0.15) is 11.1 Å². The summed E-state index contributed by atoms with van der Waals surface area (Å²) in [6.45, 7) is 0. The molecule has 2 aromatic rings. The van der Waals surface area contributed by atoms with Crippen LogP contribution in [0.3, 0.4) is 0 Å². The number of hydrogen-bond donors (Lipinski definition) is 0. The Morgan fingerprint density at radius 2 is 1.74 bits per heavy atom. The number of halogens is 1. The quantitative estimate of drug-likeness (QED) is 0.756. The lowest BCUT2D eigenvalue weighted by Crippen LogP contribution is -2.06. The van der Waals surface area contributed by atoms with Gasteiger partial charge < -0.3 is 4.74 Å². The van der Waals surface area contributed by atoms with E-state index < -0.39 is 0 Å². The maximum atomic E-state index is 12.0. The number of carbonyl (C=O) groups is 1. The van der Waals surface area contributed by atoms with Crippen molar-refractivity contribution >= 4 is 28.4 Å². The largest absolute Gasteiger partial charge is 0.497 e. The van der Waals surface area contributed by atoms with Gasteiger partial charge in [-0.3, -0.25) is 4.79 Å². The van der Waals surface area contributed by atoms with E-state index in [1.165, 1.54) is 3.57 Å². The molecule has 0 fully saturated rings. The molecule has 2 rings (SSSR count). The van der Waals surface area contributed by atoms with Gasteiger partial charge in [-0.15, -0.1) is 0 Å². The van der Waals surface area contributed by atoms with Crippen LogP contribution in [0, 0.1) is 3.57 Å². The van der Waals surface area contributed by atoms with Crippen LogP contribution in [0.25, 0.3) is 0 Å². The third-order valence-corrected chi connectivity index (χ3v) is 3.57. The molecule has 0 saturated heterocycles. The maximum Gasteiger partial charge on any atom is 0.141 e. The van der Waals surface area contributed by atoms with Crippen LogP contribution in [0.2, 0.25) is 0 Å². The molecule has 0 unspecified atom stereocenters. The fourth-order valence-corrected chi connectivity index (χ4v) is 2.26. The van der Waals surface area contributed by atoms with Crippen molar-refractivity contribution in [3.63, 3.8) is 0 Å². The van der Waals surface area contributed by atoms with E-state index in [-0.39, 0.29) is 5.78 Å². The lowest BCUT2D eigenvalue weighted by Gasteiger charge is -2.04. The number of Topliss-reactive ketones (excluding diaryl/α,β-unsaturated/α-hetero) is 1. The smallest absolute Gasteiger partial charge is 0.141 e. The zero-order chi connectivity index (χ0) is 13.7. The molecule has 0 heterocycles. The van der Waals surface area contributed by atoms with Gasteiger partial charge in [-0.1, -0.05) is 24.3 Å². The van der Waals surface area contributed by atoms with Gasteiger partial charge in [0.1, 0.15) is 11.5 Å². The van der Waals surface area contributed by atoms with Crippen LogP contribution in [0.15, 0.2) is 48.5 Å². The molecule has 0 aliphatic rings. The number of methoxy groups -OCH3 is 1. The molecule has 0 radical (unpaired) electrons. The molecule has 0 aromatic heterocycles. The van der Waals surface area contributed by atoms with Gasteiger partial charge in [0.2, 0.25) is 0 Å². The Bertz CT molecular complexity index is 561. The van der Waals surface area contributed by atoms with Gasteiger partial charge in [-0.2, -0.15) is 0 Å². The summed E-state index contributed by atoms with van der Waals surface area (Å²) in [7, 11) is 1.63. The van der Waals surface area contributed by atoms with E-state index in [0.717, 1.165) is 16.9 Å². The summed E-state index contributed by atoms with van der Waals surface area (Å²) in [6.07, 6.45) is 0.928. The van der Waals surface area contributed by atoms with Gasteiger partial charge in [0.05, 0.1) is 7.11 Å².